The Morgan fingerprint density at radius 3 is 2.48 bits per heavy atom. The third-order valence-corrected chi connectivity index (χ3v) is 5.84. The largest absolute Gasteiger partial charge is 0.491 e. The highest BCUT2D eigenvalue weighted by Crippen LogP contribution is 2.44. The monoisotopic (exact) mass is 418 g/mol. The van der Waals surface area contributed by atoms with Crippen molar-refractivity contribution >= 4 is 18.3 Å². The molecule has 3 atom stereocenters. The zero-order chi connectivity index (χ0) is 19.8. The molecule has 0 N–H and O–H groups in total. The van der Waals surface area contributed by atoms with Gasteiger partial charge in [0.15, 0.2) is 0 Å². The predicted octanol–water partition coefficient (Wildman–Crippen LogP) is 4.41. The fourth-order valence-electron chi connectivity index (χ4n) is 4.75. The van der Waals surface area contributed by atoms with E-state index >= 15 is 0 Å². The van der Waals surface area contributed by atoms with Gasteiger partial charge in [-0.1, -0.05) is 12.1 Å². The number of hydrogen-bond donors (Lipinski definition) is 0. The van der Waals surface area contributed by atoms with Crippen molar-refractivity contribution < 1.29 is 13.9 Å². The second-order valence-corrected chi connectivity index (χ2v) is 8.26. The van der Waals surface area contributed by atoms with E-state index in [4.69, 9.17) is 4.74 Å². The number of likely N-dealkylation sites (tertiary alicyclic amines) is 2. The molecule has 0 aliphatic carbocycles. The van der Waals surface area contributed by atoms with Gasteiger partial charge in [-0.25, -0.2) is 4.39 Å². The number of ether oxygens (including phenoxy) is 1. The molecule has 0 bridgehead atoms. The summed E-state index contributed by atoms with van der Waals surface area (Å²) in [7, 11) is 2.09. The number of amides is 1. The van der Waals surface area contributed by atoms with Crippen LogP contribution in [0.2, 0.25) is 0 Å². The number of rotatable bonds is 4. The Bertz CT molecular complexity index is 858. The highest BCUT2D eigenvalue weighted by molar-refractivity contribution is 5.94. The summed E-state index contributed by atoms with van der Waals surface area (Å²) in [6, 6.07) is 14.4. The molecule has 6 heteroatoms. The summed E-state index contributed by atoms with van der Waals surface area (Å²) in [5.74, 6) is 1.39. The molecule has 2 aliphatic heterocycles. The highest BCUT2D eigenvalue weighted by atomic mass is 35.5. The van der Waals surface area contributed by atoms with E-state index < -0.39 is 0 Å². The molecule has 2 fully saturated rings. The van der Waals surface area contributed by atoms with Crippen molar-refractivity contribution in [2.24, 2.45) is 11.8 Å². The average molecular weight is 419 g/mol. The lowest BCUT2D eigenvalue weighted by molar-refractivity contribution is 0.0767. The van der Waals surface area contributed by atoms with Crippen molar-refractivity contribution in [1.29, 1.82) is 0 Å². The van der Waals surface area contributed by atoms with Crippen molar-refractivity contribution in [3.63, 3.8) is 0 Å². The molecule has 0 spiro atoms. The Hall–Kier alpha value is -2.11. The Kier molecular flexibility index (Phi) is 6.49. The van der Waals surface area contributed by atoms with E-state index in [0.29, 0.717) is 23.9 Å². The van der Waals surface area contributed by atoms with Crippen LogP contribution in [0, 0.1) is 17.7 Å². The second kappa shape index (κ2) is 8.72. The topological polar surface area (TPSA) is 32.8 Å². The van der Waals surface area contributed by atoms with Gasteiger partial charge < -0.3 is 9.64 Å². The zero-order valence-electron chi connectivity index (χ0n) is 17.0. The van der Waals surface area contributed by atoms with Crippen LogP contribution in [-0.2, 0) is 0 Å². The van der Waals surface area contributed by atoms with Gasteiger partial charge in [-0.15, -0.1) is 12.4 Å². The Morgan fingerprint density at radius 1 is 1.10 bits per heavy atom. The third-order valence-electron chi connectivity index (χ3n) is 5.84. The van der Waals surface area contributed by atoms with Crippen molar-refractivity contribution in [2.75, 3.05) is 26.7 Å². The third kappa shape index (κ3) is 4.41. The molecule has 2 saturated heterocycles. The summed E-state index contributed by atoms with van der Waals surface area (Å²) >= 11 is 0. The van der Waals surface area contributed by atoms with E-state index in [1.807, 2.05) is 49.1 Å². The first kappa shape index (κ1) is 21.6. The lowest BCUT2D eigenvalue weighted by Crippen LogP contribution is -2.33. The van der Waals surface area contributed by atoms with Crippen molar-refractivity contribution in [3.05, 3.63) is 65.5 Å². The second-order valence-electron chi connectivity index (χ2n) is 8.26. The Labute approximate surface area is 178 Å². The number of benzene rings is 2. The molecule has 0 radical (unpaired) electrons. The summed E-state index contributed by atoms with van der Waals surface area (Å²) in [5.41, 5.74) is 1.69. The van der Waals surface area contributed by atoms with Crippen LogP contribution < -0.4 is 4.74 Å². The molecule has 0 unspecified atom stereocenters. The van der Waals surface area contributed by atoms with E-state index in [1.54, 1.807) is 12.1 Å². The molecule has 2 aromatic rings. The van der Waals surface area contributed by atoms with Crippen LogP contribution in [0.5, 0.6) is 5.75 Å². The minimum Gasteiger partial charge on any atom is -0.491 e. The van der Waals surface area contributed by atoms with Crippen LogP contribution in [0.15, 0.2) is 48.5 Å². The minimum absolute atomic E-state index is 0. The first-order valence-electron chi connectivity index (χ1n) is 9.94. The fraction of sp³-hybridized carbons (Fsp3) is 0.435. The minimum atomic E-state index is -0.205. The first-order chi connectivity index (χ1) is 13.4. The summed E-state index contributed by atoms with van der Waals surface area (Å²) in [5, 5.41) is 0. The van der Waals surface area contributed by atoms with Crippen LogP contribution in [0.25, 0.3) is 0 Å². The van der Waals surface area contributed by atoms with E-state index in [1.165, 1.54) is 6.07 Å². The van der Waals surface area contributed by atoms with Gasteiger partial charge in [-0.2, -0.15) is 0 Å². The van der Waals surface area contributed by atoms with Gasteiger partial charge >= 0.3 is 0 Å². The van der Waals surface area contributed by atoms with Crippen LogP contribution in [0.3, 0.4) is 0 Å². The van der Waals surface area contributed by atoms with Gasteiger partial charge in [-0.05, 0) is 68.8 Å². The number of fused-ring (bicyclic) bond motifs is 1. The molecule has 29 heavy (non-hydrogen) atoms. The molecule has 156 valence electrons. The fourth-order valence-corrected chi connectivity index (χ4v) is 4.75. The number of carbonyl (C=O) groups is 1. The van der Waals surface area contributed by atoms with Gasteiger partial charge in [0, 0.05) is 37.2 Å². The average Bonchev–Trinajstić information content (AvgIpc) is 3.17. The van der Waals surface area contributed by atoms with E-state index in [0.717, 1.165) is 24.4 Å². The molecular formula is C23H28ClFN2O2. The molecule has 2 aliphatic rings. The number of nitrogens with zero attached hydrogens (tertiary/aromatic N) is 2. The number of halogens is 2. The Morgan fingerprint density at radius 2 is 1.83 bits per heavy atom. The molecule has 1 amide bonds. The van der Waals surface area contributed by atoms with E-state index in [9.17, 15) is 9.18 Å². The van der Waals surface area contributed by atoms with Crippen molar-refractivity contribution in [3.8, 4) is 5.75 Å². The summed E-state index contributed by atoms with van der Waals surface area (Å²) in [6.07, 6.45) is 0.108. The van der Waals surface area contributed by atoms with Crippen molar-refractivity contribution in [1.82, 2.24) is 9.80 Å². The molecule has 0 aromatic heterocycles. The normalized spacial score (nSPS) is 23.8. The van der Waals surface area contributed by atoms with Crippen LogP contribution in [0.4, 0.5) is 4.39 Å². The summed E-state index contributed by atoms with van der Waals surface area (Å²) in [6.45, 7) is 6.35. The first-order valence-corrected chi connectivity index (χ1v) is 9.94. The highest BCUT2D eigenvalue weighted by Gasteiger charge is 2.47. The molecule has 4 rings (SSSR count). The standard InChI is InChI=1S/C23H27FN2O2.ClH/c1-15(2)28-20-9-7-16(8-10-20)23(27)26-13-18-12-25(3)22(21(18)14-26)17-5-4-6-19(24)11-17;/h4-11,15,18,21-22H,12-14H2,1-3H3;1H/t18-,21+,22-;/m0./s1. The van der Waals surface area contributed by atoms with Gasteiger partial charge in [0.25, 0.3) is 5.91 Å². The Balaban J connectivity index is 0.00000240. The van der Waals surface area contributed by atoms with Gasteiger partial charge in [0.2, 0.25) is 0 Å². The van der Waals surface area contributed by atoms with Crippen LogP contribution in [0.1, 0.15) is 35.8 Å². The molecule has 4 nitrogen and oxygen atoms in total. The maximum absolute atomic E-state index is 13.7. The lowest BCUT2D eigenvalue weighted by atomic mass is 9.89. The quantitative estimate of drug-likeness (QED) is 0.737. The molecule has 2 heterocycles. The van der Waals surface area contributed by atoms with Gasteiger partial charge in [-0.3, -0.25) is 9.69 Å². The summed E-state index contributed by atoms with van der Waals surface area (Å²) in [4.78, 5) is 17.2. The maximum Gasteiger partial charge on any atom is 0.253 e. The maximum atomic E-state index is 13.7. The predicted molar refractivity (Wildman–Crippen MR) is 114 cm³/mol. The smallest absolute Gasteiger partial charge is 0.253 e. The van der Waals surface area contributed by atoms with Gasteiger partial charge in [0.1, 0.15) is 11.6 Å². The summed E-state index contributed by atoms with van der Waals surface area (Å²) < 4.78 is 19.4. The van der Waals surface area contributed by atoms with Crippen LogP contribution in [-0.4, -0.2) is 48.5 Å². The number of carbonyl (C=O) groups excluding carboxylic acids is 1. The van der Waals surface area contributed by atoms with Crippen molar-refractivity contribution in [2.45, 2.75) is 26.0 Å². The zero-order valence-corrected chi connectivity index (χ0v) is 17.9. The molecule has 2 aromatic carbocycles. The van der Waals surface area contributed by atoms with Gasteiger partial charge in [0.05, 0.1) is 6.10 Å². The molecular weight excluding hydrogens is 391 g/mol. The van der Waals surface area contributed by atoms with E-state index in [-0.39, 0.29) is 36.3 Å². The van der Waals surface area contributed by atoms with E-state index in [2.05, 4.69) is 11.9 Å². The number of hydrogen-bond acceptors (Lipinski definition) is 3. The molecule has 0 saturated carbocycles. The lowest BCUT2D eigenvalue weighted by Gasteiger charge is -2.27. The SMILES string of the molecule is CC(C)Oc1ccc(C(=O)N2C[C@@H]3CN(C)[C@@H](c4cccc(F)c4)[C@@H]3C2)cc1.Cl. The van der Waals surface area contributed by atoms with Crippen LogP contribution >= 0.6 is 12.4 Å².